The molecule has 13 heavy (non-hydrogen) atoms. The van der Waals surface area contributed by atoms with Crippen molar-refractivity contribution >= 4 is 40.6 Å². The highest BCUT2D eigenvalue weighted by atomic mass is 35.5. The van der Waals surface area contributed by atoms with E-state index >= 15 is 0 Å². The number of carbonyl (C=O) groups excluding carboxylic acids is 1. The first-order valence-corrected chi connectivity index (χ1v) is 4.64. The summed E-state index contributed by atoms with van der Waals surface area (Å²) < 4.78 is 0. The van der Waals surface area contributed by atoms with E-state index in [2.05, 4.69) is 27.4 Å². The van der Waals surface area contributed by atoms with Crippen LogP contribution in [0.2, 0.25) is 0 Å². The zero-order valence-electron chi connectivity index (χ0n) is 6.66. The fourth-order valence-corrected chi connectivity index (χ4v) is 1.33. The van der Waals surface area contributed by atoms with Gasteiger partial charge in [-0.1, -0.05) is 0 Å². The van der Waals surface area contributed by atoms with E-state index in [0.717, 1.165) is 12.8 Å². The van der Waals surface area contributed by atoms with Crippen LogP contribution < -0.4 is 0 Å². The lowest BCUT2D eigenvalue weighted by Gasteiger charge is -2.01. The summed E-state index contributed by atoms with van der Waals surface area (Å²) in [7, 11) is 0. The zero-order valence-corrected chi connectivity index (χ0v) is 8.23. The molecule has 2 rings (SSSR count). The fraction of sp³-hybridized carbons (Fsp3) is 0.571. The molecule has 0 amide bonds. The third kappa shape index (κ3) is 1.81. The van der Waals surface area contributed by atoms with E-state index in [1.54, 1.807) is 0 Å². The summed E-state index contributed by atoms with van der Waals surface area (Å²) >= 11 is 10.6. The van der Waals surface area contributed by atoms with Gasteiger partial charge in [0.25, 0.3) is 0 Å². The van der Waals surface area contributed by atoms with E-state index in [4.69, 9.17) is 11.6 Å². The molecular weight excluding hydrogens is 210 g/mol. The van der Waals surface area contributed by atoms with Gasteiger partial charge in [0, 0.05) is 0 Å². The minimum atomic E-state index is -0.637. The smallest absolute Gasteiger partial charge is 0.241 e. The van der Waals surface area contributed by atoms with Crippen LogP contribution in [-0.4, -0.2) is 21.6 Å². The quantitative estimate of drug-likeness (QED) is 0.533. The molecule has 4 nitrogen and oxygen atoms in total. The maximum absolute atomic E-state index is 11.4. The van der Waals surface area contributed by atoms with Crippen molar-refractivity contribution in [3.63, 3.8) is 0 Å². The fourth-order valence-electron chi connectivity index (χ4n) is 1.02. The van der Waals surface area contributed by atoms with Gasteiger partial charge in [-0.3, -0.25) is 4.79 Å². The first-order chi connectivity index (χ1) is 6.10. The highest BCUT2D eigenvalue weighted by Gasteiger charge is 2.47. The second-order valence-corrected chi connectivity index (χ2v) is 4.16. The van der Waals surface area contributed by atoms with Crippen molar-refractivity contribution in [3.8, 4) is 0 Å². The van der Waals surface area contributed by atoms with Crippen LogP contribution in [0.5, 0.6) is 0 Å². The molecule has 0 spiro atoms. The van der Waals surface area contributed by atoms with Gasteiger partial charge in [-0.25, -0.2) is 0 Å². The van der Waals surface area contributed by atoms with Gasteiger partial charge in [0.2, 0.25) is 5.11 Å². The van der Waals surface area contributed by atoms with Crippen LogP contribution in [0, 0.1) is 0 Å². The van der Waals surface area contributed by atoms with Gasteiger partial charge in [0.15, 0.2) is 11.6 Å². The molecule has 1 fully saturated rings. The Morgan fingerprint density at radius 1 is 1.54 bits per heavy atom. The third-order valence-electron chi connectivity index (χ3n) is 1.98. The summed E-state index contributed by atoms with van der Waals surface area (Å²) in [5.41, 5.74) is 0. The van der Waals surface area contributed by atoms with Gasteiger partial charge in [0.05, 0.1) is 6.42 Å². The molecule has 1 saturated carbocycles. The van der Waals surface area contributed by atoms with Crippen LogP contribution in [0.15, 0.2) is 15.2 Å². The molecule has 1 heterocycles. The number of ketones is 1. The SMILES string of the molecule is O=C(CC1=NC(=S)N=N1)C1(Cl)CC1. The predicted molar refractivity (Wildman–Crippen MR) is 52.3 cm³/mol. The Bertz CT molecular complexity index is 346. The van der Waals surface area contributed by atoms with E-state index in [-0.39, 0.29) is 17.3 Å². The normalized spacial score (nSPS) is 23.2. The maximum atomic E-state index is 11.4. The average molecular weight is 216 g/mol. The first-order valence-electron chi connectivity index (χ1n) is 3.86. The first kappa shape index (κ1) is 8.90. The largest absolute Gasteiger partial charge is 0.297 e. The summed E-state index contributed by atoms with van der Waals surface area (Å²) in [5.74, 6) is 0.346. The summed E-state index contributed by atoms with van der Waals surface area (Å²) in [6.07, 6.45) is 1.65. The highest BCUT2D eigenvalue weighted by molar-refractivity contribution is 7.80. The number of thiocarbonyl (C=S) groups is 1. The summed E-state index contributed by atoms with van der Waals surface area (Å²) in [6.45, 7) is 0. The van der Waals surface area contributed by atoms with Crippen molar-refractivity contribution in [2.24, 2.45) is 15.2 Å². The number of alkyl halides is 1. The average Bonchev–Trinajstić information content (AvgIpc) is 2.69. The van der Waals surface area contributed by atoms with Gasteiger partial charge in [-0.15, -0.1) is 21.8 Å². The molecule has 2 aliphatic rings. The lowest BCUT2D eigenvalue weighted by atomic mass is 10.2. The molecule has 0 saturated heterocycles. The number of aliphatic imine (C=N–C) groups is 1. The maximum Gasteiger partial charge on any atom is 0.241 e. The highest BCUT2D eigenvalue weighted by Crippen LogP contribution is 2.44. The number of Topliss-reactive ketones (excluding diaryl/α,β-unsaturated/α-hetero) is 1. The van der Waals surface area contributed by atoms with Gasteiger partial charge in [0.1, 0.15) is 4.87 Å². The molecular formula is C7H6ClN3OS. The number of hydrogen-bond donors (Lipinski definition) is 0. The second-order valence-electron chi connectivity index (χ2n) is 3.08. The Labute approximate surface area is 85.1 Å². The molecule has 1 aliphatic carbocycles. The molecule has 0 unspecified atom stereocenters. The third-order valence-corrected chi connectivity index (χ3v) is 2.74. The lowest BCUT2D eigenvalue weighted by molar-refractivity contribution is -0.118. The number of nitrogens with zero attached hydrogens (tertiary/aromatic N) is 3. The van der Waals surface area contributed by atoms with Crippen molar-refractivity contribution in [2.45, 2.75) is 24.1 Å². The Balaban J connectivity index is 1.99. The number of azo groups is 1. The molecule has 0 bridgehead atoms. The Hall–Kier alpha value is -0.680. The van der Waals surface area contributed by atoms with Crippen LogP contribution >= 0.6 is 23.8 Å². The topological polar surface area (TPSA) is 54.1 Å². The predicted octanol–water partition coefficient (Wildman–Crippen LogP) is 1.87. The zero-order chi connectivity index (χ0) is 9.47. The molecule has 0 atom stereocenters. The van der Waals surface area contributed by atoms with Gasteiger partial charge < -0.3 is 0 Å². The van der Waals surface area contributed by atoms with Gasteiger partial charge >= 0.3 is 0 Å². The molecule has 1 aliphatic heterocycles. The Morgan fingerprint density at radius 3 is 2.69 bits per heavy atom. The lowest BCUT2D eigenvalue weighted by Crippen LogP contribution is -2.18. The minimum absolute atomic E-state index is 0.0310. The monoisotopic (exact) mass is 215 g/mol. The Morgan fingerprint density at radius 2 is 2.23 bits per heavy atom. The van der Waals surface area contributed by atoms with E-state index < -0.39 is 4.87 Å². The van der Waals surface area contributed by atoms with Crippen LogP contribution in [0.25, 0.3) is 0 Å². The van der Waals surface area contributed by atoms with Crippen molar-refractivity contribution in [2.75, 3.05) is 0 Å². The second kappa shape index (κ2) is 2.92. The molecule has 0 aromatic heterocycles. The van der Waals surface area contributed by atoms with Crippen molar-refractivity contribution < 1.29 is 4.79 Å². The summed E-state index contributed by atoms with van der Waals surface area (Å²) in [5, 5.41) is 7.37. The van der Waals surface area contributed by atoms with E-state index in [1.807, 2.05) is 0 Å². The van der Waals surface area contributed by atoms with Crippen molar-refractivity contribution in [3.05, 3.63) is 0 Å². The summed E-state index contributed by atoms with van der Waals surface area (Å²) in [6, 6.07) is 0. The standard InChI is InChI=1S/C7H6ClN3OS/c8-7(1-2-7)4(12)3-5-9-6(13)11-10-5/h1-3H2. The molecule has 0 aromatic carbocycles. The van der Waals surface area contributed by atoms with Crippen molar-refractivity contribution in [1.29, 1.82) is 0 Å². The van der Waals surface area contributed by atoms with Crippen LogP contribution in [-0.2, 0) is 4.79 Å². The number of rotatable bonds is 3. The number of carbonyl (C=O) groups is 1. The van der Waals surface area contributed by atoms with Crippen LogP contribution in [0.3, 0.4) is 0 Å². The molecule has 0 N–H and O–H groups in total. The number of hydrogen-bond acceptors (Lipinski definition) is 3. The van der Waals surface area contributed by atoms with E-state index in [1.165, 1.54) is 0 Å². The van der Waals surface area contributed by atoms with Crippen LogP contribution in [0.4, 0.5) is 0 Å². The molecule has 68 valence electrons. The minimum Gasteiger partial charge on any atom is -0.297 e. The Kier molecular flexibility index (Phi) is 2.00. The molecule has 0 radical (unpaired) electrons. The van der Waals surface area contributed by atoms with E-state index in [0.29, 0.717) is 5.84 Å². The molecule has 0 aromatic rings. The van der Waals surface area contributed by atoms with Gasteiger partial charge in [-0.2, -0.15) is 4.99 Å². The number of amidine groups is 1. The van der Waals surface area contributed by atoms with Crippen LogP contribution in [0.1, 0.15) is 19.3 Å². The van der Waals surface area contributed by atoms with Gasteiger partial charge in [-0.05, 0) is 25.1 Å². The molecule has 6 heteroatoms. The number of halogens is 1. The van der Waals surface area contributed by atoms with Crippen molar-refractivity contribution in [1.82, 2.24) is 0 Å². The van der Waals surface area contributed by atoms with E-state index in [9.17, 15) is 4.79 Å². The summed E-state index contributed by atoms with van der Waals surface area (Å²) in [4.78, 5) is 14.6.